The van der Waals surface area contributed by atoms with E-state index in [-0.39, 0.29) is 12.1 Å². The molecule has 2 aromatic carbocycles. The van der Waals surface area contributed by atoms with E-state index < -0.39 is 5.60 Å². The first kappa shape index (κ1) is 26.7. The first-order valence-electron chi connectivity index (χ1n) is 12.5. The molecule has 0 unspecified atom stereocenters. The highest BCUT2D eigenvalue weighted by Gasteiger charge is 2.29. The van der Waals surface area contributed by atoms with Gasteiger partial charge in [-0.3, -0.25) is 0 Å². The van der Waals surface area contributed by atoms with Gasteiger partial charge in [-0.25, -0.2) is 19.6 Å². The fraction of sp³-hybridized carbons (Fsp3) is 0.286. The van der Waals surface area contributed by atoms with Gasteiger partial charge in [0.2, 0.25) is 0 Å². The third kappa shape index (κ3) is 6.23. The van der Waals surface area contributed by atoms with E-state index in [1.807, 2.05) is 58.0 Å². The van der Waals surface area contributed by atoms with Gasteiger partial charge in [0, 0.05) is 33.5 Å². The summed E-state index contributed by atoms with van der Waals surface area (Å²) in [5.74, 6) is 0.706. The number of halogens is 1. The van der Waals surface area contributed by atoms with Gasteiger partial charge >= 0.3 is 12.1 Å². The van der Waals surface area contributed by atoms with Crippen LogP contribution >= 0.6 is 22.9 Å². The van der Waals surface area contributed by atoms with Crippen LogP contribution in [0.1, 0.15) is 36.8 Å². The van der Waals surface area contributed by atoms with Crippen molar-refractivity contribution in [1.29, 1.82) is 0 Å². The number of amides is 3. The third-order valence-electron chi connectivity index (χ3n) is 6.12. The second-order valence-electron chi connectivity index (χ2n) is 10.3. The topological polar surface area (TPSA) is 108 Å². The molecule has 1 aliphatic rings. The van der Waals surface area contributed by atoms with Crippen molar-refractivity contribution in [3.05, 3.63) is 69.8 Å². The Bertz CT molecular complexity index is 1550. The lowest BCUT2D eigenvalue weighted by Gasteiger charge is -2.30. The Morgan fingerprint density at radius 2 is 1.72 bits per heavy atom. The van der Waals surface area contributed by atoms with Crippen LogP contribution in [0.3, 0.4) is 0 Å². The van der Waals surface area contributed by atoms with Crippen molar-refractivity contribution in [3.8, 4) is 0 Å². The van der Waals surface area contributed by atoms with Crippen LogP contribution in [-0.4, -0.2) is 39.1 Å². The normalized spacial score (nSPS) is 13.1. The van der Waals surface area contributed by atoms with E-state index >= 15 is 0 Å². The minimum Gasteiger partial charge on any atom is -0.444 e. The maximum Gasteiger partial charge on any atom is 0.410 e. The van der Waals surface area contributed by atoms with Gasteiger partial charge in [0.1, 0.15) is 22.6 Å². The zero-order valence-electron chi connectivity index (χ0n) is 22.1. The van der Waals surface area contributed by atoms with E-state index in [2.05, 4.69) is 25.9 Å². The second-order valence-corrected chi connectivity index (χ2v) is 11.8. The number of nitrogens with zero attached hydrogens (tertiary/aromatic N) is 3. The highest BCUT2D eigenvalue weighted by molar-refractivity contribution is 7.19. The summed E-state index contributed by atoms with van der Waals surface area (Å²) in [7, 11) is 0. The molecule has 0 aliphatic carbocycles. The molecule has 2 aromatic heterocycles. The van der Waals surface area contributed by atoms with Gasteiger partial charge in [0.25, 0.3) is 0 Å². The summed E-state index contributed by atoms with van der Waals surface area (Å²) in [5.41, 5.74) is 3.63. The van der Waals surface area contributed by atoms with Gasteiger partial charge in [-0.05, 0) is 81.6 Å². The summed E-state index contributed by atoms with van der Waals surface area (Å²) in [4.78, 5) is 37.7. The van der Waals surface area contributed by atoms with Gasteiger partial charge in [0.05, 0.1) is 11.9 Å². The number of anilines is 4. The van der Waals surface area contributed by atoms with Gasteiger partial charge in [-0.1, -0.05) is 17.7 Å². The summed E-state index contributed by atoms with van der Waals surface area (Å²) in [6.07, 6.45) is 1.93. The molecule has 0 spiro atoms. The average Bonchev–Trinajstić information content (AvgIpc) is 3.25. The summed E-state index contributed by atoms with van der Waals surface area (Å²) in [6.45, 7) is 8.56. The molecule has 0 atom stereocenters. The molecule has 39 heavy (non-hydrogen) atoms. The van der Waals surface area contributed by atoms with Gasteiger partial charge in [0.15, 0.2) is 0 Å². The van der Waals surface area contributed by atoms with E-state index in [0.717, 1.165) is 31.9 Å². The number of nitrogens with one attached hydrogen (secondary N) is 3. The van der Waals surface area contributed by atoms with Crippen molar-refractivity contribution in [2.45, 2.75) is 46.3 Å². The van der Waals surface area contributed by atoms with Crippen molar-refractivity contribution in [1.82, 2.24) is 14.9 Å². The number of benzene rings is 2. The minimum atomic E-state index is -0.537. The molecule has 11 heteroatoms. The Morgan fingerprint density at radius 3 is 2.44 bits per heavy atom. The first-order chi connectivity index (χ1) is 18.6. The molecule has 202 valence electrons. The van der Waals surface area contributed by atoms with E-state index in [0.29, 0.717) is 41.7 Å². The maximum absolute atomic E-state index is 12.6. The summed E-state index contributed by atoms with van der Waals surface area (Å²) < 4.78 is 5.56. The lowest BCUT2D eigenvalue weighted by molar-refractivity contribution is 0.0227. The SMILES string of the molecule is Cc1ccc(NC(=O)Nc2ccc(Nc3ncnc4sc5c(c34)CCN(C(=O)OC(C)(C)C)C5)cc2)cc1Cl. The van der Waals surface area contributed by atoms with Crippen LogP contribution < -0.4 is 16.0 Å². The molecule has 0 bridgehead atoms. The number of carbonyl (C=O) groups is 2. The molecule has 3 N–H and O–H groups in total. The van der Waals surface area contributed by atoms with Gasteiger partial charge in [-0.15, -0.1) is 11.3 Å². The molecular weight excluding hydrogens is 536 g/mol. The molecule has 0 saturated heterocycles. The molecule has 4 aromatic rings. The largest absolute Gasteiger partial charge is 0.444 e. The number of aryl methyl sites for hydroxylation is 1. The third-order valence-corrected chi connectivity index (χ3v) is 7.66. The number of fused-ring (bicyclic) bond motifs is 3. The number of rotatable bonds is 4. The smallest absolute Gasteiger partial charge is 0.410 e. The predicted molar refractivity (Wildman–Crippen MR) is 156 cm³/mol. The van der Waals surface area contributed by atoms with Crippen molar-refractivity contribution in [2.24, 2.45) is 0 Å². The quantitative estimate of drug-likeness (QED) is 0.239. The molecule has 9 nitrogen and oxygen atoms in total. The monoisotopic (exact) mass is 564 g/mol. The fourth-order valence-corrected chi connectivity index (χ4v) is 5.63. The van der Waals surface area contributed by atoms with E-state index in [9.17, 15) is 9.59 Å². The zero-order chi connectivity index (χ0) is 27.7. The Balaban J connectivity index is 1.27. The number of ether oxygens (including phenoxy) is 1. The molecule has 0 radical (unpaired) electrons. The van der Waals surface area contributed by atoms with E-state index in [1.54, 1.807) is 28.4 Å². The lowest BCUT2D eigenvalue weighted by atomic mass is 10.1. The lowest BCUT2D eigenvalue weighted by Crippen LogP contribution is -2.39. The first-order valence-corrected chi connectivity index (χ1v) is 13.7. The van der Waals surface area contributed by atoms with Crippen LogP contribution in [0.15, 0.2) is 48.8 Å². The number of thiophene rings is 1. The number of hydrogen-bond donors (Lipinski definition) is 3. The Kier molecular flexibility index (Phi) is 7.33. The highest BCUT2D eigenvalue weighted by Crippen LogP contribution is 2.38. The van der Waals surface area contributed by atoms with Crippen molar-refractivity contribution in [3.63, 3.8) is 0 Å². The van der Waals surface area contributed by atoms with Crippen molar-refractivity contribution < 1.29 is 14.3 Å². The summed E-state index contributed by atoms with van der Waals surface area (Å²) in [6, 6.07) is 12.4. The Hall–Kier alpha value is -3.89. The average molecular weight is 565 g/mol. The van der Waals surface area contributed by atoms with E-state index in [1.165, 1.54) is 6.33 Å². The van der Waals surface area contributed by atoms with Crippen LogP contribution in [0.4, 0.5) is 32.5 Å². The van der Waals surface area contributed by atoms with E-state index in [4.69, 9.17) is 16.3 Å². The summed E-state index contributed by atoms with van der Waals surface area (Å²) in [5, 5.41) is 10.6. The van der Waals surface area contributed by atoms with Gasteiger partial charge < -0.3 is 25.6 Å². The van der Waals surface area contributed by atoms with Crippen LogP contribution in [0, 0.1) is 6.92 Å². The van der Waals surface area contributed by atoms with Crippen LogP contribution in [-0.2, 0) is 17.7 Å². The molecule has 3 amide bonds. The second kappa shape index (κ2) is 10.7. The maximum atomic E-state index is 12.6. The van der Waals surface area contributed by atoms with Crippen molar-refractivity contribution >= 4 is 68.2 Å². The van der Waals surface area contributed by atoms with Crippen LogP contribution in [0.25, 0.3) is 10.2 Å². The molecule has 0 saturated carbocycles. The van der Waals surface area contributed by atoms with Crippen LogP contribution in [0.5, 0.6) is 0 Å². The molecule has 3 heterocycles. The predicted octanol–water partition coefficient (Wildman–Crippen LogP) is 7.33. The Labute approximate surface area is 235 Å². The number of hydrogen-bond acceptors (Lipinski definition) is 7. The molecule has 1 aliphatic heterocycles. The van der Waals surface area contributed by atoms with Crippen molar-refractivity contribution in [2.75, 3.05) is 22.5 Å². The standard InChI is InChI=1S/C28H29ClN6O3S/c1-16-5-6-19(13-21(16)29)34-26(36)33-18-9-7-17(8-10-18)32-24-23-20-11-12-35(27(37)38-28(2,3)4)14-22(20)39-25(23)31-15-30-24/h5-10,13,15H,11-12,14H2,1-4H3,(H,30,31,32)(H2,33,34,36). The molecular formula is C28H29ClN6O3S. The number of aromatic nitrogens is 2. The zero-order valence-corrected chi connectivity index (χ0v) is 23.7. The minimum absolute atomic E-state index is 0.305. The van der Waals surface area contributed by atoms with Crippen LogP contribution in [0.2, 0.25) is 5.02 Å². The summed E-state index contributed by atoms with van der Waals surface area (Å²) >= 11 is 7.71. The molecule has 0 fully saturated rings. The number of carbonyl (C=O) groups excluding carboxylic acids is 2. The highest BCUT2D eigenvalue weighted by atomic mass is 35.5. The Morgan fingerprint density at radius 1 is 1.03 bits per heavy atom. The fourth-order valence-electron chi connectivity index (χ4n) is 4.24. The molecule has 5 rings (SSSR count). The van der Waals surface area contributed by atoms with Gasteiger partial charge in [-0.2, -0.15) is 0 Å². The number of urea groups is 1.